The van der Waals surface area contributed by atoms with Gasteiger partial charge in [-0.3, -0.25) is 4.79 Å². The first-order chi connectivity index (χ1) is 8.99. The molecule has 5 N–H and O–H groups in total. The summed E-state index contributed by atoms with van der Waals surface area (Å²) in [5.74, 6) is -0.818. The van der Waals surface area contributed by atoms with E-state index in [1.54, 1.807) is 14.0 Å². The lowest BCUT2D eigenvalue weighted by molar-refractivity contribution is -0.122. The van der Waals surface area contributed by atoms with Gasteiger partial charge in [-0.15, -0.1) is 0 Å². The maximum atomic E-state index is 13.1. The van der Waals surface area contributed by atoms with Crippen LogP contribution in [0.15, 0.2) is 23.4 Å². The van der Waals surface area contributed by atoms with E-state index in [9.17, 15) is 9.18 Å². The summed E-state index contributed by atoms with van der Waals surface area (Å²) in [7, 11) is 1.54. The number of nitrogens with zero attached hydrogens (tertiary/aromatic N) is 1. The minimum Gasteiger partial charge on any atom is -0.409 e. The van der Waals surface area contributed by atoms with Crippen LogP contribution < -0.4 is 16.4 Å². The summed E-state index contributed by atoms with van der Waals surface area (Å²) in [6.07, 6.45) is 0. The molecule has 6 nitrogen and oxygen atoms in total. The van der Waals surface area contributed by atoms with Crippen LogP contribution in [0.5, 0.6) is 0 Å². The number of carbonyl (C=O) groups is 1. The van der Waals surface area contributed by atoms with Crippen molar-refractivity contribution in [3.05, 3.63) is 35.1 Å². The SMILES string of the molecule is CNC(=O)C(C)NCc1ccc(F)cc1C(N)=NO. The molecule has 104 valence electrons. The molecule has 1 rings (SSSR count). The van der Waals surface area contributed by atoms with Crippen molar-refractivity contribution < 1.29 is 14.4 Å². The number of nitrogens with two attached hydrogens (primary N) is 1. The van der Waals surface area contributed by atoms with E-state index >= 15 is 0 Å². The fourth-order valence-electron chi connectivity index (χ4n) is 1.57. The first kappa shape index (κ1) is 14.9. The van der Waals surface area contributed by atoms with Gasteiger partial charge in [-0.2, -0.15) is 0 Å². The molecule has 0 aliphatic carbocycles. The van der Waals surface area contributed by atoms with Gasteiger partial charge in [0.25, 0.3) is 0 Å². The number of amides is 1. The third kappa shape index (κ3) is 3.92. The van der Waals surface area contributed by atoms with Crippen LogP contribution in [0.3, 0.4) is 0 Å². The fourth-order valence-corrected chi connectivity index (χ4v) is 1.57. The lowest BCUT2D eigenvalue weighted by atomic mass is 10.1. The highest BCUT2D eigenvalue weighted by Gasteiger charge is 2.13. The average Bonchev–Trinajstić information content (AvgIpc) is 2.43. The molecule has 1 aromatic carbocycles. The van der Waals surface area contributed by atoms with Crippen molar-refractivity contribution in [2.24, 2.45) is 10.9 Å². The van der Waals surface area contributed by atoms with Crippen molar-refractivity contribution in [1.82, 2.24) is 10.6 Å². The van der Waals surface area contributed by atoms with Crippen LogP contribution in [0.1, 0.15) is 18.1 Å². The van der Waals surface area contributed by atoms with E-state index in [0.29, 0.717) is 17.7 Å². The summed E-state index contributed by atoms with van der Waals surface area (Å²) in [4.78, 5) is 11.3. The predicted octanol–water partition coefficient (Wildman–Crippen LogP) is 0.144. The zero-order valence-corrected chi connectivity index (χ0v) is 10.8. The minimum absolute atomic E-state index is 0.160. The Morgan fingerprint density at radius 2 is 2.26 bits per heavy atom. The number of likely N-dealkylation sites (N-methyl/N-ethyl adjacent to an activating group) is 1. The molecule has 7 heteroatoms. The molecule has 1 atom stereocenters. The smallest absolute Gasteiger partial charge is 0.236 e. The Morgan fingerprint density at radius 1 is 1.58 bits per heavy atom. The molecular weight excluding hydrogens is 251 g/mol. The molecule has 0 heterocycles. The largest absolute Gasteiger partial charge is 0.409 e. The highest BCUT2D eigenvalue weighted by Crippen LogP contribution is 2.11. The maximum absolute atomic E-state index is 13.1. The van der Waals surface area contributed by atoms with Crippen LogP contribution in [-0.4, -0.2) is 30.0 Å². The van der Waals surface area contributed by atoms with E-state index in [2.05, 4.69) is 15.8 Å². The summed E-state index contributed by atoms with van der Waals surface area (Å²) in [6.45, 7) is 1.99. The standard InChI is InChI=1S/C12H17FN4O2/c1-7(12(18)15-2)16-6-8-3-4-9(13)5-10(8)11(14)17-19/h3-5,7,16,19H,6H2,1-2H3,(H2,14,17)(H,15,18). The monoisotopic (exact) mass is 268 g/mol. The van der Waals surface area contributed by atoms with Gasteiger partial charge in [0.1, 0.15) is 5.82 Å². The van der Waals surface area contributed by atoms with Gasteiger partial charge < -0.3 is 21.6 Å². The van der Waals surface area contributed by atoms with Gasteiger partial charge in [-0.25, -0.2) is 4.39 Å². The molecule has 0 radical (unpaired) electrons. The Bertz CT molecular complexity index is 491. The number of hydrogen-bond donors (Lipinski definition) is 4. The van der Waals surface area contributed by atoms with Crippen molar-refractivity contribution >= 4 is 11.7 Å². The van der Waals surface area contributed by atoms with E-state index in [0.717, 1.165) is 0 Å². The van der Waals surface area contributed by atoms with Gasteiger partial charge in [0.2, 0.25) is 5.91 Å². The third-order valence-electron chi connectivity index (χ3n) is 2.69. The zero-order chi connectivity index (χ0) is 14.4. The van der Waals surface area contributed by atoms with Gasteiger partial charge in [0, 0.05) is 19.2 Å². The van der Waals surface area contributed by atoms with Gasteiger partial charge in [0.15, 0.2) is 5.84 Å². The van der Waals surface area contributed by atoms with Gasteiger partial charge in [0.05, 0.1) is 6.04 Å². The Labute approximate surface area is 110 Å². The van der Waals surface area contributed by atoms with E-state index in [4.69, 9.17) is 10.9 Å². The zero-order valence-electron chi connectivity index (χ0n) is 10.8. The molecule has 0 spiro atoms. The molecule has 1 amide bonds. The molecule has 0 fully saturated rings. The highest BCUT2D eigenvalue weighted by atomic mass is 19.1. The summed E-state index contributed by atoms with van der Waals surface area (Å²) < 4.78 is 13.1. The summed E-state index contributed by atoms with van der Waals surface area (Å²) in [5, 5.41) is 17.0. The quantitative estimate of drug-likeness (QED) is 0.264. The van der Waals surface area contributed by atoms with Crippen molar-refractivity contribution in [3.63, 3.8) is 0 Å². The molecule has 0 bridgehead atoms. The molecule has 0 saturated heterocycles. The van der Waals surface area contributed by atoms with Crippen LogP contribution in [0, 0.1) is 5.82 Å². The number of carbonyl (C=O) groups excluding carboxylic acids is 1. The first-order valence-electron chi connectivity index (χ1n) is 5.71. The number of benzene rings is 1. The molecule has 19 heavy (non-hydrogen) atoms. The Hall–Kier alpha value is -2.15. The Balaban J connectivity index is 2.87. The van der Waals surface area contributed by atoms with Gasteiger partial charge >= 0.3 is 0 Å². The third-order valence-corrected chi connectivity index (χ3v) is 2.69. The molecule has 0 saturated carbocycles. The topological polar surface area (TPSA) is 99.7 Å². The maximum Gasteiger partial charge on any atom is 0.236 e. The summed E-state index contributed by atoms with van der Waals surface area (Å²) in [6, 6.07) is 3.56. The molecule has 0 aliphatic heterocycles. The molecule has 0 aliphatic rings. The van der Waals surface area contributed by atoms with E-state index < -0.39 is 11.9 Å². The lowest BCUT2D eigenvalue weighted by Crippen LogP contribution is -2.40. The van der Waals surface area contributed by atoms with Crippen molar-refractivity contribution in [3.8, 4) is 0 Å². The van der Waals surface area contributed by atoms with Gasteiger partial charge in [-0.05, 0) is 24.6 Å². The van der Waals surface area contributed by atoms with E-state index in [-0.39, 0.29) is 11.7 Å². The number of amidine groups is 1. The Morgan fingerprint density at radius 3 is 2.84 bits per heavy atom. The highest BCUT2D eigenvalue weighted by molar-refractivity contribution is 5.98. The summed E-state index contributed by atoms with van der Waals surface area (Å²) >= 11 is 0. The molecule has 1 aromatic rings. The van der Waals surface area contributed by atoms with Crippen LogP contribution in [-0.2, 0) is 11.3 Å². The molecule has 1 unspecified atom stereocenters. The lowest BCUT2D eigenvalue weighted by Gasteiger charge is -2.14. The summed E-state index contributed by atoms with van der Waals surface area (Å²) in [5.41, 5.74) is 6.41. The van der Waals surface area contributed by atoms with Gasteiger partial charge in [-0.1, -0.05) is 11.2 Å². The van der Waals surface area contributed by atoms with Crippen molar-refractivity contribution in [2.75, 3.05) is 7.05 Å². The molecular formula is C12H17FN4O2. The normalized spacial score (nSPS) is 13.1. The number of hydrogen-bond acceptors (Lipinski definition) is 4. The van der Waals surface area contributed by atoms with Crippen LogP contribution in [0.2, 0.25) is 0 Å². The second-order valence-corrected chi connectivity index (χ2v) is 4.00. The fraction of sp³-hybridized carbons (Fsp3) is 0.333. The van der Waals surface area contributed by atoms with Crippen LogP contribution >= 0.6 is 0 Å². The van der Waals surface area contributed by atoms with E-state index in [1.165, 1.54) is 18.2 Å². The average molecular weight is 268 g/mol. The number of oxime groups is 1. The van der Waals surface area contributed by atoms with Crippen LogP contribution in [0.4, 0.5) is 4.39 Å². The number of rotatable bonds is 5. The number of nitrogens with one attached hydrogen (secondary N) is 2. The van der Waals surface area contributed by atoms with Crippen LogP contribution in [0.25, 0.3) is 0 Å². The Kier molecular flexibility index (Phi) is 5.25. The number of halogens is 1. The van der Waals surface area contributed by atoms with Crippen molar-refractivity contribution in [2.45, 2.75) is 19.5 Å². The second-order valence-electron chi connectivity index (χ2n) is 4.00. The van der Waals surface area contributed by atoms with Crippen molar-refractivity contribution in [1.29, 1.82) is 0 Å². The second kappa shape index (κ2) is 6.69. The first-order valence-corrected chi connectivity index (χ1v) is 5.71. The predicted molar refractivity (Wildman–Crippen MR) is 69.3 cm³/mol. The van der Waals surface area contributed by atoms with E-state index in [1.807, 2.05) is 0 Å². The molecule has 0 aromatic heterocycles. The minimum atomic E-state index is -0.482.